The maximum atomic E-state index is 12.0. The van der Waals surface area contributed by atoms with E-state index in [9.17, 15) is 9.59 Å². The fourth-order valence-electron chi connectivity index (χ4n) is 2.61. The van der Waals surface area contributed by atoms with Crippen molar-refractivity contribution in [2.24, 2.45) is 11.8 Å². The molecule has 0 bridgehead atoms. The van der Waals surface area contributed by atoms with E-state index in [4.69, 9.17) is 0 Å². The number of carbonyl (C=O) groups is 2. The second-order valence-electron chi connectivity index (χ2n) is 6.01. The minimum absolute atomic E-state index is 0.101. The highest BCUT2D eigenvalue weighted by Gasteiger charge is 2.29. The molecule has 1 rings (SSSR count). The van der Waals surface area contributed by atoms with Crippen LogP contribution in [0.2, 0.25) is 0 Å². The van der Waals surface area contributed by atoms with Crippen LogP contribution >= 0.6 is 0 Å². The van der Waals surface area contributed by atoms with E-state index in [1.807, 2.05) is 6.92 Å². The van der Waals surface area contributed by atoms with Gasteiger partial charge in [-0.25, -0.2) is 0 Å². The van der Waals surface area contributed by atoms with E-state index < -0.39 is 0 Å². The number of unbranched alkanes of at least 4 members (excludes halogenated alkanes) is 1. The largest absolute Gasteiger partial charge is 0.356 e. The topological polar surface area (TPSA) is 58.2 Å². The predicted octanol–water partition coefficient (Wildman–Crippen LogP) is 2.62. The van der Waals surface area contributed by atoms with Crippen molar-refractivity contribution in [1.82, 2.24) is 10.6 Å². The van der Waals surface area contributed by atoms with Crippen LogP contribution in [0.5, 0.6) is 0 Å². The Labute approximate surface area is 123 Å². The summed E-state index contributed by atoms with van der Waals surface area (Å²) >= 11 is 0. The third-order valence-electron chi connectivity index (χ3n) is 4.30. The van der Waals surface area contributed by atoms with Crippen molar-refractivity contribution in [2.45, 2.75) is 71.8 Å². The number of carbonyl (C=O) groups excluding carboxylic acids is 2. The first-order chi connectivity index (χ1) is 9.58. The summed E-state index contributed by atoms with van der Waals surface area (Å²) in [5.41, 5.74) is 0. The average Bonchev–Trinajstić information content (AvgIpc) is 2.47. The maximum Gasteiger partial charge on any atom is 0.223 e. The number of amides is 2. The zero-order valence-corrected chi connectivity index (χ0v) is 13.2. The summed E-state index contributed by atoms with van der Waals surface area (Å²) in [7, 11) is 0. The van der Waals surface area contributed by atoms with Gasteiger partial charge in [0.25, 0.3) is 0 Å². The first-order valence-corrected chi connectivity index (χ1v) is 8.16. The van der Waals surface area contributed by atoms with Gasteiger partial charge in [-0.05, 0) is 45.4 Å². The summed E-state index contributed by atoms with van der Waals surface area (Å²) < 4.78 is 0. The van der Waals surface area contributed by atoms with Crippen LogP contribution in [0, 0.1) is 11.8 Å². The van der Waals surface area contributed by atoms with Crippen molar-refractivity contribution in [3.63, 3.8) is 0 Å². The van der Waals surface area contributed by atoms with Crippen LogP contribution in [0.25, 0.3) is 0 Å². The van der Waals surface area contributed by atoms with Gasteiger partial charge in [0.05, 0.1) is 0 Å². The molecule has 0 aliphatic heterocycles. The molecule has 0 aromatic carbocycles. The molecule has 4 nitrogen and oxygen atoms in total. The molecule has 1 fully saturated rings. The normalized spacial score (nSPS) is 23.9. The zero-order chi connectivity index (χ0) is 15.0. The second kappa shape index (κ2) is 8.98. The van der Waals surface area contributed by atoms with E-state index in [2.05, 4.69) is 24.5 Å². The van der Waals surface area contributed by atoms with Crippen molar-refractivity contribution in [3.05, 3.63) is 0 Å². The summed E-state index contributed by atoms with van der Waals surface area (Å²) in [5, 5.41) is 6.04. The molecular weight excluding hydrogens is 252 g/mol. The fraction of sp³-hybridized carbons (Fsp3) is 0.875. The maximum absolute atomic E-state index is 12.0. The van der Waals surface area contributed by atoms with Crippen molar-refractivity contribution in [2.75, 3.05) is 6.54 Å². The van der Waals surface area contributed by atoms with E-state index in [1.54, 1.807) is 0 Å². The van der Waals surface area contributed by atoms with Crippen LogP contribution in [0.4, 0.5) is 0 Å². The van der Waals surface area contributed by atoms with E-state index in [-0.39, 0.29) is 29.7 Å². The average molecular weight is 282 g/mol. The molecule has 0 heterocycles. The van der Waals surface area contributed by atoms with Gasteiger partial charge in [-0.3, -0.25) is 9.59 Å². The molecule has 2 amide bonds. The Kier molecular flexibility index (Phi) is 7.63. The Hall–Kier alpha value is -1.06. The summed E-state index contributed by atoms with van der Waals surface area (Å²) in [5.74, 6) is 0.562. The highest BCUT2D eigenvalue weighted by Crippen LogP contribution is 2.29. The Morgan fingerprint density at radius 1 is 1.05 bits per heavy atom. The van der Waals surface area contributed by atoms with Gasteiger partial charge in [-0.1, -0.05) is 20.3 Å². The molecule has 1 saturated carbocycles. The monoisotopic (exact) mass is 282 g/mol. The molecule has 0 aromatic heterocycles. The summed E-state index contributed by atoms with van der Waals surface area (Å²) in [4.78, 5) is 24.0. The molecule has 0 saturated heterocycles. The molecule has 1 atom stereocenters. The minimum Gasteiger partial charge on any atom is -0.356 e. The highest BCUT2D eigenvalue weighted by atomic mass is 16.2. The van der Waals surface area contributed by atoms with E-state index in [0.717, 1.165) is 51.5 Å². The van der Waals surface area contributed by atoms with Crippen LogP contribution in [0.1, 0.15) is 65.7 Å². The molecule has 116 valence electrons. The van der Waals surface area contributed by atoms with Gasteiger partial charge in [-0.2, -0.15) is 0 Å². The van der Waals surface area contributed by atoms with Gasteiger partial charge in [0.15, 0.2) is 0 Å². The van der Waals surface area contributed by atoms with E-state index in [0.29, 0.717) is 0 Å². The molecule has 4 heteroatoms. The third-order valence-corrected chi connectivity index (χ3v) is 4.30. The van der Waals surface area contributed by atoms with Crippen LogP contribution in [0.15, 0.2) is 0 Å². The lowest BCUT2D eigenvalue weighted by Gasteiger charge is -2.28. The molecule has 1 unspecified atom stereocenters. The number of rotatable bonds is 7. The summed E-state index contributed by atoms with van der Waals surface area (Å²) in [6.45, 7) is 7.00. The standard InChI is InChI=1S/C16H30N2O2/c1-4-6-11-17-15(19)13-7-9-14(10-8-13)16(20)18-12(3)5-2/h12-14H,4-11H2,1-3H3,(H,17,19)(H,18,20). The molecule has 20 heavy (non-hydrogen) atoms. The van der Waals surface area contributed by atoms with Gasteiger partial charge < -0.3 is 10.6 Å². The van der Waals surface area contributed by atoms with Crippen molar-refractivity contribution in [3.8, 4) is 0 Å². The van der Waals surface area contributed by atoms with Crippen LogP contribution in [-0.2, 0) is 9.59 Å². The lowest BCUT2D eigenvalue weighted by molar-refractivity contribution is -0.130. The second-order valence-corrected chi connectivity index (χ2v) is 6.01. The lowest BCUT2D eigenvalue weighted by Crippen LogP contribution is -2.40. The predicted molar refractivity (Wildman–Crippen MR) is 81.3 cm³/mol. The van der Waals surface area contributed by atoms with Crippen molar-refractivity contribution in [1.29, 1.82) is 0 Å². The van der Waals surface area contributed by atoms with Gasteiger partial charge in [-0.15, -0.1) is 0 Å². The van der Waals surface area contributed by atoms with E-state index >= 15 is 0 Å². The highest BCUT2D eigenvalue weighted by molar-refractivity contribution is 5.81. The Bertz CT molecular complexity index is 310. The molecule has 2 N–H and O–H groups in total. The lowest BCUT2D eigenvalue weighted by atomic mass is 9.81. The van der Waals surface area contributed by atoms with Crippen LogP contribution < -0.4 is 10.6 Å². The molecule has 1 aliphatic rings. The Morgan fingerprint density at radius 2 is 1.60 bits per heavy atom. The van der Waals surface area contributed by atoms with Crippen molar-refractivity contribution < 1.29 is 9.59 Å². The summed E-state index contributed by atoms with van der Waals surface area (Å²) in [6, 6.07) is 0.248. The molecule has 1 aliphatic carbocycles. The first kappa shape index (κ1) is 17.0. The summed E-state index contributed by atoms with van der Waals surface area (Å²) in [6.07, 6.45) is 6.47. The molecule has 0 spiro atoms. The number of nitrogens with one attached hydrogen (secondary N) is 2. The van der Waals surface area contributed by atoms with Crippen molar-refractivity contribution >= 4 is 11.8 Å². The van der Waals surface area contributed by atoms with Gasteiger partial charge >= 0.3 is 0 Å². The zero-order valence-electron chi connectivity index (χ0n) is 13.2. The number of hydrogen-bond donors (Lipinski definition) is 2. The van der Waals surface area contributed by atoms with Crippen LogP contribution in [0.3, 0.4) is 0 Å². The third kappa shape index (κ3) is 5.51. The SMILES string of the molecule is CCCCNC(=O)C1CCC(C(=O)NC(C)CC)CC1. The fourth-order valence-corrected chi connectivity index (χ4v) is 2.61. The molecular formula is C16H30N2O2. The quantitative estimate of drug-likeness (QED) is 0.705. The van der Waals surface area contributed by atoms with Gasteiger partial charge in [0.1, 0.15) is 0 Å². The van der Waals surface area contributed by atoms with Crippen LogP contribution in [-0.4, -0.2) is 24.4 Å². The number of hydrogen-bond acceptors (Lipinski definition) is 2. The Morgan fingerprint density at radius 3 is 2.10 bits per heavy atom. The smallest absolute Gasteiger partial charge is 0.223 e. The molecule has 0 radical (unpaired) electrons. The van der Waals surface area contributed by atoms with Gasteiger partial charge in [0, 0.05) is 24.4 Å². The molecule has 0 aromatic rings. The minimum atomic E-state index is 0.101. The van der Waals surface area contributed by atoms with E-state index in [1.165, 1.54) is 0 Å². The first-order valence-electron chi connectivity index (χ1n) is 8.16. The van der Waals surface area contributed by atoms with Gasteiger partial charge in [0.2, 0.25) is 11.8 Å². The Balaban J connectivity index is 2.28.